The standard InChI is InChI=1S/C17H20ClN2/c1-5-12-9-8-10-13(6-2)15(12)17-19-11(4)14(7-3)16(18)20-17/h8-10H,3,5-7H2,1-2,4H3. The summed E-state index contributed by atoms with van der Waals surface area (Å²) in [5.41, 5.74) is 5.52. The first-order valence-corrected chi connectivity index (χ1v) is 7.43. The molecule has 0 aliphatic carbocycles. The topological polar surface area (TPSA) is 25.8 Å². The molecule has 0 saturated heterocycles. The first-order chi connectivity index (χ1) is 9.62. The van der Waals surface area contributed by atoms with E-state index in [1.54, 1.807) is 0 Å². The van der Waals surface area contributed by atoms with E-state index in [0.29, 0.717) is 11.6 Å². The van der Waals surface area contributed by atoms with E-state index >= 15 is 0 Å². The van der Waals surface area contributed by atoms with Crippen molar-refractivity contribution >= 4 is 11.6 Å². The lowest BCUT2D eigenvalue weighted by molar-refractivity contribution is 1.01. The van der Waals surface area contributed by atoms with E-state index in [1.165, 1.54) is 11.1 Å². The molecule has 0 fully saturated rings. The minimum atomic E-state index is 0.524. The van der Waals surface area contributed by atoms with Crippen molar-refractivity contribution in [1.29, 1.82) is 0 Å². The molecule has 1 aromatic heterocycles. The SMILES string of the molecule is [CH2]Cc1c(C)nc(-c2c(CC)cccc2CC)nc1Cl. The molecule has 0 spiro atoms. The van der Waals surface area contributed by atoms with Gasteiger partial charge in [-0.2, -0.15) is 0 Å². The van der Waals surface area contributed by atoms with Crippen LogP contribution in [-0.4, -0.2) is 9.97 Å². The van der Waals surface area contributed by atoms with E-state index in [4.69, 9.17) is 11.6 Å². The van der Waals surface area contributed by atoms with Crippen molar-refractivity contribution in [2.75, 3.05) is 0 Å². The lowest BCUT2D eigenvalue weighted by Crippen LogP contribution is -2.03. The van der Waals surface area contributed by atoms with Crippen LogP contribution in [0.15, 0.2) is 18.2 Å². The summed E-state index contributed by atoms with van der Waals surface area (Å²) in [5, 5.41) is 0.524. The summed E-state index contributed by atoms with van der Waals surface area (Å²) in [7, 11) is 0. The van der Waals surface area contributed by atoms with Crippen LogP contribution in [0.3, 0.4) is 0 Å². The van der Waals surface area contributed by atoms with Crippen LogP contribution in [-0.2, 0) is 19.3 Å². The molecule has 0 saturated carbocycles. The summed E-state index contributed by atoms with van der Waals surface area (Å²) in [6.07, 6.45) is 2.53. The highest BCUT2D eigenvalue weighted by Crippen LogP contribution is 2.29. The summed E-state index contributed by atoms with van der Waals surface area (Å²) in [4.78, 5) is 9.16. The lowest BCUT2D eigenvalue weighted by atomic mass is 9.96. The molecule has 0 unspecified atom stereocenters. The smallest absolute Gasteiger partial charge is 0.161 e. The van der Waals surface area contributed by atoms with Crippen LogP contribution in [0.5, 0.6) is 0 Å². The highest BCUT2D eigenvalue weighted by Gasteiger charge is 2.15. The van der Waals surface area contributed by atoms with Gasteiger partial charge in [0.05, 0.1) is 0 Å². The van der Waals surface area contributed by atoms with E-state index in [9.17, 15) is 0 Å². The van der Waals surface area contributed by atoms with Crippen LogP contribution in [0, 0.1) is 13.8 Å². The Bertz CT molecular complexity index is 575. The van der Waals surface area contributed by atoms with Crippen molar-refractivity contribution in [3.8, 4) is 11.4 Å². The van der Waals surface area contributed by atoms with E-state index in [1.807, 2.05) is 6.92 Å². The number of nitrogens with zero attached hydrogens (tertiary/aromatic N) is 2. The predicted molar refractivity (Wildman–Crippen MR) is 85.0 cm³/mol. The highest BCUT2D eigenvalue weighted by atomic mass is 35.5. The molecule has 20 heavy (non-hydrogen) atoms. The van der Waals surface area contributed by atoms with Gasteiger partial charge in [-0.3, -0.25) is 0 Å². The molecular formula is C17H20ClN2. The Hall–Kier alpha value is -1.41. The van der Waals surface area contributed by atoms with Crippen LogP contribution >= 0.6 is 11.6 Å². The van der Waals surface area contributed by atoms with Crippen molar-refractivity contribution in [2.24, 2.45) is 0 Å². The van der Waals surface area contributed by atoms with Gasteiger partial charge >= 0.3 is 0 Å². The van der Waals surface area contributed by atoms with Crippen LogP contribution in [0.2, 0.25) is 5.15 Å². The van der Waals surface area contributed by atoms with Gasteiger partial charge in [0.1, 0.15) is 5.15 Å². The van der Waals surface area contributed by atoms with Gasteiger partial charge in [-0.1, -0.05) is 43.6 Å². The lowest BCUT2D eigenvalue weighted by Gasteiger charge is -2.14. The zero-order chi connectivity index (χ0) is 14.7. The van der Waals surface area contributed by atoms with Crippen molar-refractivity contribution in [1.82, 2.24) is 9.97 Å². The van der Waals surface area contributed by atoms with Gasteiger partial charge in [0, 0.05) is 16.8 Å². The summed E-state index contributed by atoms with van der Waals surface area (Å²) in [6, 6.07) is 6.37. The third-order valence-electron chi connectivity index (χ3n) is 3.64. The second-order valence-corrected chi connectivity index (χ2v) is 5.17. The average molecular weight is 288 g/mol. The molecule has 2 nitrogen and oxygen atoms in total. The molecule has 0 aliphatic rings. The molecule has 105 valence electrons. The molecule has 2 rings (SSSR count). The van der Waals surface area contributed by atoms with Gasteiger partial charge in [-0.05, 0) is 44.2 Å². The van der Waals surface area contributed by atoms with Crippen molar-refractivity contribution in [2.45, 2.75) is 40.0 Å². The molecule has 1 radical (unpaired) electrons. The largest absolute Gasteiger partial charge is 0.233 e. The van der Waals surface area contributed by atoms with Crippen LogP contribution in [0.4, 0.5) is 0 Å². The Morgan fingerprint density at radius 1 is 1.10 bits per heavy atom. The highest BCUT2D eigenvalue weighted by molar-refractivity contribution is 6.30. The Morgan fingerprint density at radius 3 is 2.15 bits per heavy atom. The molecule has 0 amide bonds. The number of aromatic nitrogens is 2. The van der Waals surface area contributed by atoms with Gasteiger partial charge in [0.15, 0.2) is 5.82 Å². The van der Waals surface area contributed by atoms with Crippen LogP contribution in [0.1, 0.15) is 36.2 Å². The zero-order valence-corrected chi connectivity index (χ0v) is 13.1. The molecule has 1 aromatic carbocycles. The third kappa shape index (κ3) is 2.71. The fraction of sp³-hybridized carbons (Fsp3) is 0.353. The number of rotatable bonds is 4. The van der Waals surface area contributed by atoms with E-state index in [-0.39, 0.29) is 0 Å². The second kappa shape index (κ2) is 6.36. The number of hydrogen-bond donors (Lipinski definition) is 0. The monoisotopic (exact) mass is 287 g/mol. The molecule has 0 N–H and O–H groups in total. The maximum absolute atomic E-state index is 6.28. The summed E-state index contributed by atoms with van der Waals surface area (Å²) >= 11 is 6.28. The Balaban J connectivity index is 2.68. The fourth-order valence-corrected chi connectivity index (χ4v) is 2.80. The van der Waals surface area contributed by atoms with Gasteiger partial charge < -0.3 is 0 Å². The van der Waals surface area contributed by atoms with E-state index < -0.39 is 0 Å². The molecule has 0 aliphatic heterocycles. The van der Waals surface area contributed by atoms with Crippen LogP contribution < -0.4 is 0 Å². The number of hydrogen-bond acceptors (Lipinski definition) is 2. The molecule has 3 heteroatoms. The summed E-state index contributed by atoms with van der Waals surface area (Å²) < 4.78 is 0. The summed E-state index contributed by atoms with van der Waals surface area (Å²) in [5.74, 6) is 0.735. The zero-order valence-electron chi connectivity index (χ0n) is 12.3. The minimum Gasteiger partial charge on any atom is -0.233 e. The average Bonchev–Trinajstić information content (AvgIpc) is 2.45. The van der Waals surface area contributed by atoms with Gasteiger partial charge in [-0.25, -0.2) is 9.97 Å². The first-order valence-electron chi connectivity index (χ1n) is 7.05. The third-order valence-corrected chi connectivity index (χ3v) is 3.95. The first kappa shape index (κ1) is 15.0. The summed E-state index contributed by atoms with van der Waals surface area (Å²) in [6.45, 7) is 10.2. The number of benzene rings is 1. The van der Waals surface area contributed by atoms with Gasteiger partial charge in [0.25, 0.3) is 0 Å². The van der Waals surface area contributed by atoms with E-state index in [0.717, 1.165) is 35.5 Å². The predicted octanol–water partition coefficient (Wildman–Crippen LogP) is 4.61. The van der Waals surface area contributed by atoms with Crippen molar-refractivity contribution in [3.63, 3.8) is 0 Å². The maximum Gasteiger partial charge on any atom is 0.161 e. The maximum atomic E-state index is 6.28. The Labute approximate surface area is 126 Å². The normalized spacial score (nSPS) is 10.8. The van der Waals surface area contributed by atoms with Gasteiger partial charge in [-0.15, -0.1) is 0 Å². The molecule has 2 aromatic rings. The number of aryl methyl sites for hydroxylation is 3. The molecule has 0 bridgehead atoms. The molecule has 1 heterocycles. The fourth-order valence-electron chi connectivity index (χ4n) is 2.49. The Kier molecular flexibility index (Phi) is 4.77. The number of halogens is 1. The molecular weight excluding hydrogens is 268 g/mol. The minimum absolute atomic E-state index is 0.524. The second-order valence-electron chi connectivity index (χ2n) is 4.81. The van der Waals surface area contributed by atoms with E-state index in [2.05, 4.69) is 48.9 Å². The van der Waals surface area contributed by atoms with Gasteiger partial charge in [0.2, 0.25) is 0 Å². The quantitative estimate of drug-likeness (QED) is 0.768. The van der Waals surface area contributed by atoms with Crippen molar-refractivity contribution < 1.29 is 0 Å². The van der Waals surface area contributed by atoms with Crippen LogP contribution in [0.25, 0.3) is 11.4 Å². The van der Waals surface area contributed by atoms with Crippen molar-refractivity contribution in [3.05, 3.63) is 52.7 Å². The Morgan fingerprint density at radius 2 is 1.70 bits per heavy atom. The molecule has 0 atom stereocenters.